The number of nitrogens with one attached hydrogen (secondary N) is 1. The van der Waals surface area contributed by atoms with E-state index in [2.05, 4.69) is 69.0 Å². The fourth-order valence-electron chi connectivity index (χ4n) is 1.48. The summed E-state index contributed by atoms with van der Waals surface area (Å²) >= 11 is 19.5. The number of hydrogen-bond acceptors (Lipinski definition) is 1. The molecule has 0 saturated carbocycles. The lowest BCUT2D eigenvalue weighted by Crippen LogP contribution is -2.12. The Morgan fingerprint density at radius 2 is 1.55 bits per heavy atom. The maximum Gasteiger partial charge on any atom is 0.255 e. The summed E-state index contributed by atoms with van der Waals surface area (Å²) in [5, 5.41) is 3.33. The highest BCUT2D eigenvalue weighted by molar-refractivity contribution is 9.11. The van der Waals surface area contributed by atoms with E-state index in [1.54, 1.807) is 18.2 Å². The van der Waals surface area contributed by atoms with Gasteiger partial charge in [0.25, 0.3) is 5.91 Å². The van der Waals surface area contributed by atoms with Gasteiger partial charge in [-0.3, -0.25) is 4.79 Å². The average molecular weight is 547 g/mol. The average Bonchev–Trinajstić information content (AvgIpc) is 2.36. The van der Waals surface area contributed by atoms with Crippen LogP contribution in [0.3, 0.4) is 0 Å². The summed E-state index contributed by atoms with van der Waals surface area (Å²) in [7, 11) is 0. The molecular formula is C13H6Br4ClNO. The van der Waals surface area contributed by atoms with Gasteiger partial charge in [-0.2, -0.15) is 0 Å². The first-order valence-electron chi connectivity index (χ1n) is 5.29. The Balaban J connectivity index is 2.30. The molecule has 7 heteroatoms. The van der Waals surface area contributed by atoms with Crippen LogP contribution in [-0.2, 0) is 0 Å². The lowest BCUT2D eigenvalue weighted by Gasteiger charge is -2.11. The number of amides is 1. The number of carbonyl (C=O) groups excluding carboxylic acids is 1. The van der Waals surface area contributed by atoms with E-state index in [0.29, 0.717) is 16.3 Å². The predicted molar refractivity (Wildman–Crippen MR) is 96.6 cm³/mol. The van der Waals surface area contributed by atoms with Gasteiger partial charge >= 0.3 is 0 Å². The second kappa shape index (κ2) is 6.92. The fraction of sp³-hybridized carbons (Fsp3) is 0. The Morgan fingerprint density at radius 3 is 2.10 bits per heavy atom. The van der Waals surface area contributed by atoms with Crippen LogP contribution in [0.4, 0.5) is 5.69 Å². The molecule has 0 aliphatic heterocycles. The Kier molecular flexibility index (Phi) is 5.71. The number of benzene rings is 2. The third-order valence-electron chi connectivity index (χ3n) is 2.43. The molecule has 0 aromatic heterocycles. The van der Waals surface area contributed by atoms with E-state index >= 15 is 0 Å². The van der Waals surface area contributed by atoms with Crippen molar-refractivity contribution >= 4 is 86.9 Å². The molecule has 104 valence electrons. The first-order chi connectivity index (χ1) is 9.38. The standard InChI is InChI=1S/C13H6Br4ClNO/c14-7-4-9(16)12(10(17)5-7)19-13(20)6-1-2-8(15)11(18)3-6/h1-5H,(H,19,20). The van der Waals surface area contributed by atoms with Gasteiger partial charge in [0, 0.05) is 23.5 Å². The van der Waals surface area contributed by atoms with Crippen molar-refractivity contribution in [3.8, 4) is 0 Å². The van der Waals surface area contributed by atoms with Gasteiger partial charge in [0.15, 0.2) is 0 Å². The molecule has 2 rings (SSSR count). The highest BCUT2D eigenvalue weighted by Gasteiger charge is 2.13. The SMILES string of the molecule is O=C(Nc1c(Br)cc(Br)cc1Br)c1ccc(Br)c(Cl)c1. The van der Waals surface area contributed by atoms with Crippen LogP contribution in [0.25, 0.3) is 0 Å². The van der Waals surface area contributed by atoms with Crippen LogP contribution < -0.4 is 5.32 Å². The van der Waals surface area contributed by atoms with Crippen molar-refractivity contribution in [1.82, 2.24) is 0 Å². The Labute approximate surface area is 154 Å². The summed E-state index contributed by atoms with van der Waals surface area (Å²) < 4.78 is 3.20. The van der Waals surface area contributed by atoms with Crippen LogP contribution in [0.15, 0.2) is 48.2 Å². The maximum atomic E-state index is 12.2. The van der Waals surface area contributed by atoms with Crippen LogP contribution in [0.2, 0.25) is 5.02 Å². The summed E-state index contributed by atoms with van der Waals surface area (Å²) in [5.41, 5.74) is 1.15. The second-order valence-electron chi connectivity index (χ2n) is 3.83. The van der Waals surface area contributed by atoms with Crippen LogP contribution in [0, 0.1) is 0 Å². The molecule has 2 aromatic rings. The van der Waals surface area contributed by atoms with Crippen molar-refractivity contribution in [1.29, 1.82) is 0 Å². The Hall–Kier alpha value is 0.120. The molecule has 2 aromatic carbocycles. The van der Waals surface area contributed by atoms with E-state index in [9.17, 15) is 4.79 Å². The summed E-state index contributed by atoms with van der Waals surface area (Å²) in [6, 6.07) is 8.76. The normalized spacial score (nSPS) is 10.4. The summed E-state index contributed by atoms with van der Waals surface area (Å²) in [4.78, 5) is 12.2. The first-order valence-corrected chi connectivity index (χ1v) is 8.84. The van der Waals surface area contributed by atoms with Crippen molar-refractivity contribution in [2.45, 2.75) is 0 Å². The number of halogens is 5. The molecule has 2 nitrogen and oxygen atoms in total. The van der Waals surface area contributed by atoms with E-state index in [0.717, 1.165) is 17.9 Å². The van der Waals surface area contributed by atoms with Gasteiger partial charge in [-0.05, 0) is 78.1 Å². The number of carbonyl (C=O) groups is 1. The van der Waals surface area contributed by atoms with Crippen molar-refractivity contribution < 1.29 is 4.79 Å². The molecule has 0 aliphatic rings. The van der Waals surface area contributed by atoms with E-state index in [1.807, 2.05) is 12.1 Å². The van der Waals surface area contributed by atoms with Gasteiger partial charge in [0.05, 0.1) is 10.7 Å². The Morgan fingerprint density at radius 1 is 0.950 bits per heavy atom. The molecule has 0 spiro atoms. The van der Waals surface area contributed by atoms with E-state index in [1.165, 1.54) is 0 Å². The molecule has 1 N–H and O–H groups in total. The van der Waals surface area contributed by atoms with Gasteiger partial charge < -0.3 is 5.32 Å². The number of hydrogen-bond donors (Lipinski definition) is 1. The zero-order chi connectivity index (χ0) is 14.9. The van der Waals surface area contributed by atoms with Crippen LogP contribution >= 0.6 is 75.3 Å². The predicted octanol–water partition coefficient (Wildman–Crippen LogP) is 6.64. The van der Waals surface area contributed by atoms with Crippen LogP contribution in [0.1, 0.15) is 10.4 Å². The van der Waals surface area contributed by atoms with E-state index in [4.69, 9.17) is 11.6 Å². The van der Waals surface area contributed by atoms with Gasteiger partial charge in [-0.1, -0.05) is 27.5 Å². The first kappa shape index (κ1) is 16.5. The summed E-state index contributed by atoms with van der Waals surface area (Å²) in [6.45, 7) is 0. The molecule has 0 atom stereocenters. The lowest BCUT2D eigenvalue weighted by molar-refractivity contribution is 0.102. The fourth-order valence-corrected chi connectivity index (χ4v) is 4.37. The highest BCUT2D eigenvalue weighted by atomic mass is 79.9. The van der Waals surface area contributed by atoms with Crippen LogP contribution in [0.5, 0.6) is 0 Å². The Bertz CT molecular complexity index is 667. The third-order valence-corrected chi connectivity index (χ3v) is 5.37. The molecule has 0 radical (unpaired) electrons. The largest absolute Gasteiger partial charge is 0.320 e. The molecule has 0 unspecified atom stereocenters. The minimum Gasteiger partial charge on any atom is -0.320 e. The monoisotopic (exact) mass is 543 g/mol. The van der Waals surface area contributed by atoms with E-state index < -0.39 is 0 Å². The highest BCUT2D eigenvalue weighted by Crippen LogP contribution is 2.34. The summed E-state index contributed by atoms with van der Waals surface area (Å²) in [6.07, 6.45) is 0. The van der Waals surface area contributed by atoms with Gasteiger partial charge in [0.2, 0.25) is 0 Å². The second-order valence-corrected chi connectivity index (χ2v) is 7.71. The van der Waals surface area contributed by atoms with Crippen molar-refractivity contribution in [3.05, 3.63) is 58.8 Å². The van der Waals surface area contributed by atoms with Crippen molar-refractivity contribution in [3.63, 3.8) is 0 Å². The van der Waals surface area contributed by atoms with Gasteiger partial charge in [0.1, 0.15) is 0 Å². The minimum absolute atomic E-state index is 0.233. The topological polar surface area (TPSA) is 29.1 Å². The van der Waals surface area contributed by atoms with Crippen LogP contribution in [-0.4, -0.2) is 5.91 Å². The van der Waals surface area contributed by atoms with Crippen molar-refractivity contribution in [2.75, 3.05) is 5.32 Å². The molecule has 20 heavy (non-hydrogen) atoms. The molecule has 1 amide bonds. The molecule has 0 bridgehead atoms. The van der Waals surface area contributed by atoms with Crippen molar-refractivity contribution in [2.24, 2.45) is 0 Å². The van der Waals surface area contributed by atoms with E-state index in [-0.39, 0.29) is 5.91 Å². The third kappa shape index (κ3) is 3.85. The minimum atomic E-state index is -0.233. The maximum absolute atomic E-state index is 12.2. The van der Waals surface area contributed by atoms with Gasteiger partial charge in [-0.15, -0.1) is 0 Å². The number of rotatable bonds is 2. The van der Waals surface area contributed by atoms with Gasteiger partial charge in [-0.25, -0.2) is 0 Å². The number of anilines is 1. The zero-order valence-corrected chi connectivity index (χ0v) is 16.8. The molecule has 0 heterocycles. The molecular weight excluding hydrogens is 541 g/mol. The zero-order valence-electron chi connectivity index (χ0n) is 9.68. The smallest absolute Gasteiger partial charge is 0.255 e. The molecule has 0 aliphatic carbocycles. The molecule has 0 fully saturated rings. The summed E-state index contributed by atoms with van der Waals surface area (Å²) in [5.74, 6) is -0.233. The quantitative estimate of drug-likeness (QED) is 0.449. The lowest BCUT2D eigenvalue weighted by atomic mass is 10.2. The molecule has 0 saturated heterocycles.